The van der Waals surface area contributed by atoms with Crippen LogP contribution in [0.15, 0.2) is 76.3 Å². The van der Waals surface area contributed by atoms with E-state index < -0.39 is 0 Å². The van der Waals surface area contributed by atoms with Crippen molar-refractivity contribution in [2.24, 2.45) is 0 Å². The maximum Gasteiger partial charge on any atom is 0.258 e. The van der Waals surface area contributed by atoms with Gasteiger partial charge in [-0.25, -0.2) is 4.98 Å². The summed E-state index contributed by atoms with van der Waals surface area (Å²) in [6.07, 6.45) is 5.36. The van der Waals surface area contributed by atoms with Gasteiger partial charge < -0.3 is 18.4 Å². The lowest BCUT2D eigenvalue weighted by Gasteiger charge is -2.06. The van der Waals surface area contributed by atoms with E-state index in [0.717, 1.165) is 33.8 Å². The summed E-state index contributed by atoms with van der Waals surface area (Å²) in [4.78, 5) is 8.65. The number of benzene rings is 2. The third kappa shape index (κ3) is 3.83. The molecule has 3 heterocycles. The van der Waals surface area contributed by atoms with Gasteiger partial charge in [-0.2, -0.15) is 4.98 Å². The minimum absolute atomic E-state index is 0.378. The summed E-state index contributed by atoms with van der Waals surface area (Å²) in [5.41, 5.74) is 4.37. The fourth-order valence-corrected chi connectivity index (χ4v) is 3.26. The van der Waals surface area contributed by atoms with Crippen LogP contribution in [0.4, 0.5) is 0 Å². The highest BCUT2D eigenvalue weighted by Gasteiger charge is 2.13. The average Bonchev–Trinajstić information content (AvgIpc) is 3.55. The largest absolute Gasteiger partial charge is 0.489 e. The summed E-state index contributed by atoms with van der Waals surface area (Å²) in [6.45, 7) is 4.15. The molecule has 0 aliphatic carbocycles. The molecule has 5 rings (SSSR count). The number of nitrogens with zero attached hydrogens (tertiary/aromatic N) is 5. The van der Waals surface area contributed by atoms with Crippen molar-refractivity contribution in [1.29, 1.82) is 0 Å². The minimum Gasteiger partial charge on any atom is -0.489 e. The first kappa shape index (κ1) is 18.8. The molecule has 3 aromatic heterocycles. The molecule has 0 fully saturated rings. The lowest BCUT2D eigenvalue weighted by molar-refractivity contribution is 0.302. The minimum atomic E-state index is 0.378. The van der Waals surface area contributed by atoms with Crippen molar-refractivity contribution in [2.75, 3.05) is 0 Å². The van der Waals surface area contributed by atoms with Crippen molar-refractivity contribution in [3.8, 4) is 34.3 Å². The van der Waals surface area contributed by atoms with Crippen LogP contribution >= 0.6 is 0 Å². The number of ether oxygens (including phenoxy) is 1. The Balaban J connectivity index is 1.37. The molecule has 0 radical (unpaired) electrons. The van der Waals surface area contributed by atoms with Crippen LogP contribution in [-0.4, -0.2) is 24.8 Å². The van der Waals surface area contributed by atoms with Crippen LogP contribution in [0.1, 0.15) is 17.0 Å². The standard InChI is InChI=1S/C23H19N5O3/c1-15-21(16(2)30-26-15)13-29-20-8-4-5-17(12-20)22-25-23(31-27-22)18-6-3-7-19(11-18)28-10-9-24-14-28/h3-12,14H,13H2,1-2H3. The second-order valence-corrected chi connectivity index (χ2v) is 7.06. The van der Waals surface area contributed by atoms with E-state index in [1.54, 1.807) is 12.5 Å². The Morgan fingerprint density at radius 1 is 0.968 bits per heavy atom. The van der Waals surface area contributed by atoms with Gasteiger partial charge >= 0.3 is 0 Å². The van der Waals surface area contributed by atoms with Gasteiger partial charge in [0, 0.05) is 29.2 Å². The molecule has 31 heavy (non-hydrogen) atoms. The second kappa shape index (κ2) is 7.91. The Bertz CT molecular complexity index is 1300. The quantitative estimate of drug-likeness (QED) is 0.396. The Morgan fingerprint density at radius 3 is 2.65 bits per heavy atom. The monoisotopic (exact) mass is 413 g/mol. The van der Waals surface area contributed by atoms with E-state index >= 15 is 0 Å². The maximum absolute atomic E-state index is 5.93. The third-order valence-corrected chi connectivity index (χ3v) is 4.98. The second-order valence-electron chi connectivity index (χ2n) is 7.06. The number of rotatable bonds is 6. The lowest BCUT2D eigenvalue weighted by Crippen LogP contribution is -1.98. The maximum atomic E-state index is 5.93. The third-order valence-electron chi connectivity index (χ3n) is 4.98. The van der Waals surface area contributed by atoms with E-state index in [9.17, 15) is 0 Å². The van der Waals surface area contributed by atoms with E-state index in [1.165, 1.54) is 0 Å². The molecule has 0 saturated heterocycles. The van der Waals surface area contributed by atoms with Gasteiger partial charge in [-0.05, 0) is 44.2 Å². The first-order valence-corrected chi connectivity index (χ1v) is 9.75. The van der Waals surface area contributed by atoms with Gasteiger partial charge in [0.05, 0.1) is 17.6 Å². The summed E-state index contributed by atoms with van der Waals surface area (Å²) in [5.74, 6) is 2.39. The van der Waals surface area contributed by atoms with Gasteiger partial charge in [-0.3, -0.25) is 0 Å². The predicted octanol–water partition coefficient (Wildman–Crippen LogP) is 4.77. The Hall–Kier alpha value is -4.20. The molecule has 2 aromatic carbocycles. The summed E-state index contributed by atoms with van der Waals surface area (Å²) >= 11 is 0. The zero-order chi connectivity index (χ0) is 21.2. The van der Waals surface area contributed by atoms with E-state index in [1.807, 2.05) is 73.1 Å². The van der Waals surface area contributed by atoms with Crippen LogP contribution in [0.3, 0.4) is 0 Å². The summed E-state index contributed by atoms with van der Waals surface area (Å²) in [6, 6.07) is 15.4. The highest BCUT2D eigenvalue weighted by atomic mass is 16.5. The van der Waals surface area contributed by atoms with Gasteiger partial charge in [0.15, 0.2) is 0 Å². The summed E-state index contributed by atoms with van der Waals surface area (Å²) in [7, 11) is 0. The molecule has 0 bridgehead atoms. The molecule has 0 unspecified atom stereocenters. The highest BCUT2D eigenvalue weighted by molar-refractivity contribution is 5.62. The number of aromatic nitrogens is 5. The molecular formula is C23H19N5O3. The van der Waals surface area contributed by atoms with Crippen LogP contribution in [-0.2, 0) is 6.61 Å². The highest BCUT2D eigenvalue weighted by Crippen LogP contribution is 2.27. The molecule has 0 aliphatic heterocycles. The molecule has 0 atom stereocenters. The van der Waals surface area contributed by atoms with Crippen molar-refractivity contribution in [1.82, 2.24) is 24.8 Å². The first-order chi connectivity index (χ1) is 15.2. The normalized spacial score (nSPS) is 11.0. The van der Waals surface area contributed by atoms with Crippen LogP contribution in [0, 0.1) is 13.8 Å². The van der Waals surface area contributed by atoms with E-state index in [2.05, 4.69) is 20.3 Å². The van der Waals surface area contributed by atoms with Crippen molar-refractivity contribution in [3.63, 3.8) is 0 Å². The summed E-state index contributed by atoms with van der Waals surface area (Å²) in [5, 5.41) is 8.10. The van der Waals surface area contributed by atoms with Crippen molar-refractivity contribution < 1.29 is 13.8 Å². The van der Waals surface area contributed by atoms with Gasteiger partial charge in [0.2, 0.25) is 5.82 Å². The van der Waals surface area contributed by atoms with Crippen molar-refractivity contribution in [3.05, 3.63) is 84.3 Å². The van der Waals surface area contributed by atoms with Crippen LogP contribution < -0.4 is 4.74 Å². The first-order valence-electron chi connectivity index (χ1n) is 9.75. The Labute approximate surface area is 178 Å². The molecule has 0 aliphatic rings. The Kier molecular flexibility index (Phi) is 4.80. The SMILES string of the molecule is Cc1noc(C)c1COc1cccc(-c2noc(-c3cccc(-n4ccnc4)c3)n2)c1. The number of imidazole rings is 1. The van der Waals surface area contributed by atoms with Crippen molar-refractivity contribution >= 4 is 0 Å². The van der Waals surface area contributed by atoms with Gasteiger partial charge in [-0.15, -0.1) is 0 Å². The van der Waals surface area contributed by atoms with E-state index in [-0.39, 0.29) is 0 Å². The van der Waals surface area contributed by atoms with Crippen LogP contribution in [0.25, 0.3) is 28.5 Å². The van der Waals surface area contributed by atoms with Gasteiger partial charge in [0.1, 0.15) is 18.1 Å². The molecular weight excluding hydrogens is 394 g/mol. The molecule has 8 heteroatoms. The van der Waals surface area contributed by atoms with Gasteiger partial charge in [0.25, 0.3) is 5.89 Å². The fourth-order valence-electron chi connectivity index (χ4n) is 3.26. The molecule has 0 N–H and O–H groups in total. The molecule has 0 amide bonds. The predicted molar refractivity (Wildman–Crippen MR) is 113 cm³/mol. The lowest BCUT2D eigenvalue weighted by atomic mass is 10.2. The zero-order valence-electron chi connectivity index (χ0n) is 17.0. The number of aryl methyl sites for hydroxylation is 2. The van der Waals surface area contributed by atoms with Crippen molar-refractivity contribution in [2.45, 2.75) is 20.5 Å². The van der Waals surface area contributed by atoms with Gasteiger partial charge in [-0.1, -0.05) is 28.5 Å². The molecule has 8 nitrogen and oxygen atoms in total. The zero-order valence-corrected chi connectivity index (χ0v) is 17.0. The molecule has 0 saturated carbocycles. The fraction of sp³-hybridized carbons (Fsp3) is 0.130. The van der Waals surface area contributed by atoms with Crippen LogP contribution in [0.5, 0.6) is 5.75 Å². The van der Waals surface area contributed by atoms with E-state index in [4.69, 9.17) is 13.8 Å². The molecule has 154 valence electrons. The Morgan fingerprint density at radius 2 is 1.84 bits per heavy atom. The average molecular weight is 413 g/mol. The number of hydrogen-bond acceptors (Lipinski definition) is 7. The molecule has 5 aromatic rings. The summed E-state index contributed by atoms with van der Waals surface area (Å²) < 4.78 is 18.6. The van der Waals surface area contributed by atoms with E-state index in [0.29, 0.717) is 24.1 Å². The molecule has 0 spiro atoms. The smallest absolute Gasteiger partial charge is 0.258 e. The topological polar surface area (TPSA) is 92.0 Å². The number of hydrogen-bond donors (Lipinski definition) is 0. The van der Waals surface area contributed by atoms with Crippen LogP contribution in [0.2, 0.25) is 0 Å².